The van der Waals surface area contributed by atoms with Gasteiger partial charge in [0.1, 0.15) is 11.1 Å². The fourth-order valence-electron chi connectivity index (χ4n) is 6.15. The molecule has 1 aliphatic carbocycles. The predicted octanol–water partition coefficient (Wildman–Crippen LogP) is 9.51. The molecule has 2 aromatic carbocycles. The van der Waals surface area contributed by atoms with Crippen molar-refractivity contribution in [1.82, 2.24) is 4.57 Å². The van der Waals surface area contributed by atoms with Gasteiger partial charge in [-0.2, -0.15) is 23.5 Å². The molecule has 1 aromatic heterocycles. The van der Waals surface area contributed by atoms with Gasteiger partial charge < -0.3 is 14.0 Å². The molecule has 6 rings (SSSR count). The number of aryl methyl sites for hydroxylation is 2. The van der Waals surface area contributed by atoms with Gasteiger partial charge in [0.25, 0.3) is 0 Å². The number of nitrogens with zero attached hydrogens (tertiary/aromatic N) is 1. The SMILES string of the molecule is BrCC1CCSCC1.CCOC(=O)C1=CCC=C(c2ccc(C)cc2)C1=O.CCOC(=O)c1cn(CC2CCSCC2)cc(-c2ccc(C)cc2)c1=O. The molecule has 3 aromatic rings. The van der Waals surface area contributed by atoms with Crippen molar-refractivity contribution < 1.29 is 23.9 Å². The summed E-state index contributed by atoms with van der Waals surface area (Å²) < 4.78 is 12.0. The van der Waals surface area contributed by atoms with Gasteiger partial charge in [0, 0.05) is 35.4 Å². The molecule has 0 saturated carbocycles. The number of hydrogen-bond acceptors (Lipinski definition) is 8. The Morgan fingerprint density at radius 1 is 0.736 bits per heavy atom. The minimum absolute atomic E-state index is 0.120. The van der Waals surface area contributed by atoms with Crippen LogP contribution in [0.2, 0.25) is 0 Å². The summed E-state index contributed by atoms with van der Waals surface area (Å²) in [5.41, 5.74) is 5.07. The molecular weight excluding hydrogens is 771 g/mol. The Kier molecular flexibility index (Phi) is 17.7. The Bertz CT molecular complexity index is 1790. The Morgan fingerprint density at radius 3 is 1.79 bits per heavy atom. The second-order valence-electron chi connectivity index (χ2n) is 13.4. The van der Waals surface area contributed by atoms with Crippen LogP contribution in [0, 0.1) is 25.7 Å². The number of carbonyl (C=O) groups excluding carboxylic acids is 3. The molecule has 2 saturated heterocycles. The number of thioether (sulfide) groups is 2. The summed E-state index contributed by atoms with van der Waals surface area (Å²) in [7, 11) is 0. The molecule has 284 valence electrons. The first-order chi connectivity index (χ1) is 25.6. The van der Waals surface area contributed by atoms with Crippen molar-refractivity contribution >= 4 is 62.7 Å². The van der Waals surface area contributed by atoms with Crippen LogP contribution < -0.4 is 5.43 Å². The molecule has 7 nitrogen and oxygen atoms in total. The van der Waals surface area contributed by atoms with Crippen LogP contribution in [0.3, 0.4) is 0 Å². The first kappa shape index (κ1) is 42.4. The largest absolute Gasteiger partial charge is 0.462 e. The number of ether oxygens (including phenoxy) is 2. The first-order valence-corrected chi connectivity index (χ1v) is 22.0. The standard InChI is InChI=1S/C21H25NO3S.C16H16O3.C6H11BrS/c1-3-25-21(24)19-14-22(12-16-8-10-26-11-9-16)13-18(20(19)23)17-6-4-15(2)5-7-17;1-3-19-16(18)14-6-4-5-13(15(14)17)12-9-7-11(2)8-10-12;7-5-6-1-3-8-4-2-6/h4-7,13-14,16H,3,8-12H2,1-2H3;5-10H,3-4H2,1-2H3;6H,1-5H2. The topological polar surface area (TPSA) is 91.7 Å². The second kappa shape index (κ2) is 22.1. The van der Waals surface area contributed by atoms with Gasteiger partial charge in [-0.05, 0) is 106 Å². The highest BCUT2D eigenvalue weighted by molar-refractivity contribution is 9.09. The van der Waals surface area contributed by atoms with Crippen LogP contribution in [-0.4, -0.2) is 63.8 Å². The van der Waals surface area contributed by atoms with Crippen molar-refractivity contribution in [3.05, 3.63) is 111 Å². The number of Topliss-reactive ketones (excluding diaryl/α,β-unsaturated/α-hetero) is 1. The number of alkyl halides is 1. The molecular formula is C43H52BrNO6S2. The zero-order valence-electron chi connectivity index (χ0n) is 31.4. The van der Waals surface area contributed by atoms with Crippen molar-refractivity contribution in [2.75, 3.05) is 41.6 Å². The van der Waals surface area contributed by atoms with E-state index in [9.17, 15) is 19.2 Å². The Morgan fingerprint density at radius 2 is 1.26 bits per heavy atom. The summed E-state index contributed by atoms with van der Waals surface area (Å²) in [4.78, 5) is 49.2. The lowest BCUT2D eigenvalue weighted by atomic mass is 9.91. The Labute approximate surface area is 331 Å². The average Bonchev–Trinajstić information content (AvgIpc) is 3.18. The quantitative estimate of drug-likeness (QED) is 0.120. The highest BCUT2D eigenvalue weighted by Gasteiger charge is 2.26. The third-order valence-electron chi connectivity index (χ3n) is 9.30. The molecule has 10 heteroatoms. The molecule has 0 amide bonds. The average molecular weight is 823 g/mol. The summed E-state index contributed by atoms with van der Waals surface area (Å²) in [5.74, 6) is 5.36. The third kappa shape index (κ3) is 12.9. The molecule has 0 spiro atoms. The van der Waals surface area contributed by atoms with Crippen molar-refractivity contribution in [2.45, 2.75) is 66.3 Å². The second-order valence-corrected chi connectivity index (χ2v) is 16.4. The van der Waals surface area contributed by atoms with E-state index >= 15 is 0 Å². The van der Waals surface area contributed by atoms with Gasteiger partial charge >= 0.3 is 11.9 Å². The van der Waals surface area contributed by atoms with E-state index in [1.54, 1.807) is 26.1 Å². The lowest BCUT2D eigenvalue weighted by Crippen LogP contribution is -2.24. The maximum Gasteiger partial charge on any atom is 0.343 e. The molecule has 0 bridgehead atoms. The number of esters is 2. The maximum atomic E-state index is 12.9. The van der Waals surface area contributed by atoms with Gasteiger partial charge in [0.2, 0.25) is 5.43 Å². The molecule has 0 N–H and O–H groups in total. The first-order valence-electron chi connectivity index (χ1n) is 18.5. The third-order valence-corrected chi connectivity index (χ3v) is 12.3. The lowest BCUT2D eigenvalue weighted by Gasteiger charge is -2.23. The van der Waals surface area contributed by atoms with Crippen molar-refractivity contribution in [3.63, 3.8) is 0 Å². The summed E-state index contributed by atoms with van der Waals surface area (Å²) in [5, 5.41) is 1.22. The van der Waals surface area contributed by atoms with Crippen LogP contribution in [0.25, 0.3) is 16.7 Å². The van der Waals surface area contributed by atoms with E-state index in [2.05, 4.69) is 27.7 Å². The number of ketones is 1. The van der Waals surface area contributed by atoms with Crippen LogP contribution in [0.1, 0.15) is 73.0 Å². The van der Waals surface area contributed by atoms with Gasteiger partial charge in [-0.25, -0.2) is 9.59 Å². The van der Waals surface area contributed by atoms with Crippen LogP contribution >= 0.6 is 39.5 Å². The van der Waals surface area contributed by atoms with E-state index in [1.165, 1.54) is 54.0 Å². The van der Waals surface area contributed by atoms with Gasteiger partial charge in [0.05, 0.1) is 13.2 Å². The number of aromatic nitrogens is 1. The molecule has 0 atom stereocenters. The number of allylic oxidation sites excluding steroid dienone is 3. The number of carbonyl (C=O) groups is 3. The molecule has 3 heterocycles. The van der Waals surface area contributed by atoms with E-state index in [1.807, 2.05) is 91.0 Å². The van der Waals surface area contributed by atoms with Crippen molar-refractivity contribution in [1.29, 1.82) is 0 Å². The number of halogens is 1. The summed E-state index contributed by atoms with van der Waals surface area (Å²) in [6, 6.07) is 15.5. The number of pyridine rings is 1. The van der Waals surface area contributed by atoms with Crippen molar-refractivity contribution in [2.24, 2.45) is 11.8 Å². The van der Waals surface area contributed by atoms with Crippen LogP contribution in [0.4, 0.5) is 0 Å². The zero-order chi connectivity index (χ0) is 38.2. The van der Waals surface area contributed by atoms with Crippen LogP contribution in [-0.2, 0) is 25.6 Å². The lowest BCUT2D eigenvalue weighted by molar-refractivity contribution is -0.139. The van der Waals surface area contributed by atoms with Gasteiger partial charge in [-0.1, -0.05) is 87.7 Å². The minimum Gasteiger partial charge on any atom is -0.462 e. The van der Waals surface area contributed by atoms with Gasteiger partial charge in [-0.3, -0.25) is 9.59 Å². The molecule has 53 heavy (non-hydrogen) atoms. The molecule has 0 radical (unpaired) electrons. The van der Waals surface area contributed by atoms with E-state index < -0.39 is 11.9 Å². The summed E-state index contributed by atoms with van der Waals surface area (Å²) in [6.07, 6.45) is 12.8. The van der Waals surface area contributed by atoms with E-state index in [0.717, 1.165) is 34.7 Å². The van der Waals surface area contributed by atoms with Crippen molar-refractivity contribution in [3.8, 4) is 11.1 Å². The van der Waals surface area contributed by atoms with Gasteiger partial charge in [-0.15, -0.1) is 0 Å². The molecule has 3 aliphatic rings. The number of rotatable bonds is 9. The Hall–Kier alpha value is -3.34. The molecule has 2 fully saturated rings. The van der Waals surface area contributed by atoms with E-state index in [4.69, 9.17) is 9.47 Å². The van der Waals surface area contributed by atoms with E-state index in [-0.39, 0.29) is 35.6 Å². The highest BCUT2D eigenvalue weighted by atomic mass is 79.9. The maximum absolute atomic E-state index is 12.9. The normalized spacial score (nSPS) is 16.2. The zero-order valence-corrected chi connectivity index (χ0v) is 34.6. The summed E-state index contributed by atoms with van der Waals surface area (Å²) in [6.45, 7) is 8.83. The highest BCUT2D eigenvalue weighted by Crippen LogP contribution is 2.27. The minimum atomic E-state index is -0.542. The molecule has 0 unspecified atom stereocenters. The number of hydrogen-bond donors (Lipinski definition) is 0. The van der Waals surface area contributed by atoms with E-state index in [0.29, 0.717) is 23.5 Å². The summed E-state index contributed by atoms with van der Waals surface area (Å²) >= 11 is 7.59. The molecule has 2 aliphatic heterocycles. The smallest absolute Gasteiger partial charge is 0.343 e. The fraction of sp³-hybridized carbons (Fsp3) is 0.442. The monoisotopic (exact) mass is 821 g/mol. The van der Waals surface area contributed by atoms with Gasteiger partial charge in [0.15, 0.2) is 5.78 Å². The predicted molar refractivity (Wildman–Crippen MR) is 224 cm³/mol. The van der Waals surface area contributed by atoms with Crippen LogP contribution in [0.15, 0.2) is 83.4 Å². The Balaban J connectivity index is 0.000000202. The van der Waals surface area contributed by atoms with Crippen LogP contribution in [0.5, 0.6) is 0 Å². The number of benzene rings is 2. The fourth-order valence-corrected chi connectivity index (χ4v) is 9.21.